The molecule has 0 radical (unpaired) electrons. The first kappa shape index (κ1) is 19.5. The van der Waals surface area contributed by atoms with Crippen molar-refractivity contribution in [2.45, 2.75) is 17.9 Å². The van der Waals surface area contributed by atoms with E-state index in [1.807, 2.05) is 0 Å². The van der Waals surface area contributed by atoms with Crippen LogP contribution >= 0.6 is 23.2 Å². The van der Waals surface area contributed by atoms with Crippen LogP contribution in [0.15, 0.2) is 41.3 Å². The van der Waals surface area contributed by atoms with Crippen LogP contribution < -0.4 is 15.2 Å². The van der Waals surface area contributed by atoms with Crippen molar-refractivity contribution in [1.29, 1.82) is 0 Å². The van der Waals surface area contributed by atoms with E-state index in [1.54, 1.807) is 25.1 Å². The Morgan fingerprint density at radius 2 is 1.88 bits per heavy atom. The van der Waals surface area contributed by atoms with Crippen molar-refractivity contribution in [1.82, 2.24) is 5.32 Å². The molecular formula is C16H16Cl2N2O4S. The average Bonchev–Trinajstić information content (AvgIpc) is 2.53. The molecule has 0 aliphatic rings. The monoisotopic (exact) mass is 402 g/mol. The number of methoxy groups -OCH3 is 1. The van der Waals surface area contributed by atoms with E-state index < -0.39 is 22.0 Å². The van der Waals surface area contributed by atoms with Gasteiger partial charge in [-0.05, 0) is 42.8 Å². The van der Waals surface area contributed by atoms with Gasteiger partial charge in [-0.15, -0.1) is 0 Å². The topological polar surface area (TPSA) is 98.5 Å². The Kier molecular flexibility index (Phi) is 5.95. The van der Waals surface area contributed by atoms with Gasteiger partial charge in [-0.2, -0.15) is 0 Å². The lowest BCUT2D eigenvalue weighted by atomic mass is 10.1. The molecule has 9 heteroatoms. The van der Waals surface area contributed by atoms with Crippen molar-refractivity contribution >= 4 is 39.1 Å². The molecule has 0 saturated heterocycles. The molecule has 6 nitrogen and oxygen atoms in total. The molecular weight excluding hydrogens is 387 g/mol. The molecule has 1 unspecified atom stereocenters. The minimum absolute atomic E-state index is 0.0472. The lowest BCUT2D eigenvalue weighted by Gasteiger charge is -2.17. The Hall–Kier alpha value is -1.80. The summed E-state index contributed by atoms with van der Waals surface area (Å²) in [5.74, 6) is -0.305. The zero-order valence-corrected chi connectivity index (χ0v) is 15.7. The van der Waals surface area contributed by atoms with Gasteiger partial charge >= 0.3 is 0 Å². The summed E-state index contributed by atoms with van der Waals surface area (Å²) in [5.41, 5.74) is 0.715. The summed E-state index contributed by atoms with van der Waals surface area (Å²) in [4.78, 5) is 12.4. The van der Waals surface area contributed by atoms with Crippen molar-refractivity contribution in [2.24, 2.45) is 5.14 Å². The maximum Gasteiger partial charge on any atom is 0.255 e. The Bertz CT molecular complexity index is 916. The van der Waals surface area contributed by atoms with Gasteiger partial charge in [-0.1, -0.05) is 29.3 Å². The number of amides is 1. The number of carbonyl (C=O) groups is 1. The fraction of sp³-hybridized carbons (Fsp3) is 0.188. The second kappa shape index (κ2) is 7.61. The first-order valence-electron chi connectivity index (χ1n) is 7.10. The highest BCUT2D eigenvalue weighted by Crippen LogP contribution is 2.27. The van der Waals surface area contributed by atoms with Crippen molar-refractivity contribution in [3.05, 3.63) is 57.6 Å². The van der Waals surface area contributed by atoms with E-state index in [0.29, 0.717) is 15.6 Å². The molecule has 2 aromatic rings. The van der Waals surface area contributed by atoms with Crippen LogP contribution in [-0.2, 0) is 10.0 Å². The van der Waals surface area contributed by atoms with Crippen molar-refractivity contribution < 1.29 is 17.9 Å². The summed E-state index contributed by atoms with van der Waals surface area (Å²) >= 11 is 12.0. The number of hydrogen-bond acceptors (Lipinski definition) is 4. The summed E-state index contributed by atoms with van der Waals surface area (Å²) in [6.45, 7) is 1.74. The van der Waals surface area contributed by atoms with Crippen LogP contribution in [0.1, 0.15) is 28.9 Å². The standard InChI is InChI=1S/C16H16Cl2N2O4S/c1-9(12-5-3-10(17)7-14(12)18)20-16(21)13-8-11(25(19,22)23)4-6-15(13)24-2/h3-9H,1-2H3,(H,20,21)(H2,19,22,23). The second-order valence-electron chi connectivity index (χ2n) is 5.27. The highest BCUT2D eigenvalue weighted by Gasteiger charge is 2.20. The Morgan fingerprint density at radius 1 is 1.20 bits per heavy atom. The number of primary sulfonamides is 1. The average molecular weight is 403 g/mol. The molecule has 1 amide bonds. The van der Waals surface area contributed by atoms with Gasteiger partial charge < -0.3 is 10.1 Å². The Morgan fingerprint density at radius 3 is 2.44 bits per heavy atom. The Balaban J connectivity index is 2.33. The quantitative estimate of drug-likeness (QED) is 0.801. The van der Waals surface area contributed by atoms with Gasteiger partial charge in [0.1, 0.15) is 5.75 Å². The molecule has 0 aliphatic heterocycles. The molecule has 0 fully saturated rings. The summed E-state index contributed by atoms with van der Waals surface area (Å²) in [5, 5.41) is 8.75. The largest absolute Gasteiger partial charge is 0.496 e. The number of benzene rings is 2. The summed E-state index contributed by atoms with van der Waals surface area (Å²) in [6.07, 6.45) is 0. The van der Waals surface area contributed by atoms with Crippen LogP contribution in [0, 0.1) is 0 Å². The van der Waals surface area contributed by atoms with E-state index in [4.69, 9.17) is 33.1 Å². The number of ether oxygens (including phenoxy) is 1. The first-order chi connectivity index (χ1) is 11.6. The molecule has 134 valence electrons. The Labute approximate surface area is 155 Å². The molecule has 0 spiro atoms. The number of sulfonamides is 1. The van der Waals surface area contributed by atoms with Gasteiger partial charge in [-0.25, -0.2) is 13.6 Å². The normalized spacial score (nSPS) is 12.5. The number of halogens is 2. The molecule has 25 heavy (non-hydrogen) atoms. The fourth-order valence-electron chi connectivity index (χ4n) is 2.25. The predicted octanol–water partition coefficient (Wildman–Crippen LogP) is 3.14. The molecule has 0 saturated carbocycles. The van der Waals surface area contributed by atoms with Gasteiger partial charge in [0.25, 0.3) is 5.91 Å². The van der Waals surface area contributed by atoms with Gasteiger partial charge in [0.2, 0.25) is 10.0 Å². The summed E-state index contributed by atoms with van der Waals surface area (Å²) in [6, 6.07) is 8.30. The van der Waals surface area contributed by atoms with Gasteiger partial charge in [-0.3, -0.25) is 4.79 Å². The van der Waals surface area contributed by atoms with Gasteiger partial charge in [0, 0.05) is 10.0 Å². The molecule has 1 atom stereocenters. The second-order valence-corrected chi connectivity index (χ2v) is 7.67. The maximum absolute atomic E-state index is 12.6. The fourth-order valence-corrected chi connectivity index (χ4v) is 3.36. The molecule has 0 bridgehead atoms. The highest BCUT2D eigenvalue weighted by molar-refractivity contribution is 7.89. The van der Waals surface area contributed by atoms with Gasteiger partial charge in [0.05, 0.1) is 23.6 Å². The zero-order chi connectivity index (χ0) is 18.8. The van der Waals surface area contributed by atoms with E-state index in [0.717, 1.165) is 0 Å². The molecule has 2 aromatic carbocycles. The maximum atomic E-state index is 12.6. The lowest BCUT2D eigenvalue weighted by molar-refractivity contribution is 0.0936. The SMILES string of the molecule is COc1ccc(S(N)(=O)=O)cc1C(=O)NC(C)c1ccc(Cl)cc1Cl. The predicted molar refractivity (Wildman–Crippen MR) is 96.7 cm³/mol. The number of carbonyl (C=O) groups excluding carboxylic acids is 1. The van der Waals surface area contributed by atoms with E-state index >= 15 is 0 Å². The molecule has 3 N–H and O–H groups in total. The van der Waals surface area contributed by atoms with Crippen LogP contribution in [0.5, 0.6) is 5.75 Å². The van der Waals surface area contributed by atoms with Gasteiger partial charge in [0.15, 0.2) is 0 Å². The third kappa shape index (κ3) is 4.64. The zero-order valence-electron chi connectivity index (χ0n) is 13.4. The third-order valence-corrected chi connectivity index (χ3v) is 4.99. The van der Waals surface area contributed by atoms with Crippen molar-refractivity contribution in [3.8, 4) is 5.75 Å². The van der Waals surface area contributed by atoms with E-state index in [9.17, 15) is 13.2 Å². The van der Waals surface area contributed by atoms with Crippen LogP contribution in [0.3, 0.4) is 0 Å². The molecule has 2 rings (SSSR count). The van der Waals surface area contributed by atoms with E-state index in [-0.39, 0.29) is 16.2 Å². The van der Waals surface area contributed by atoms with Crippen LogP contribution in [0.25, 0.3) is 0 Å². The number of nitrogens with one attached hydrogen (secondary N) is 1. The summed E-state index contributed by atoms with van der Waals surface area (Å²) < 4.78 is 28.1. The minimum atomic E-state index is -3.95. The van der Waals surface area contributed by atoms with Crippen LogP contribution in [0.4, 0.5) is 0 Å². The van der Waals surface area contributed by atoms with E-state index in [2.05, 4.69) is 5.32 Å². The first-order valence-corrected chi connectivity index (χ1v) is 9.40. The number of nitrogens with two attached hydrogens (primary N) is 1. The molecule has 0 aromatic heterocycles. The van der Waals surface area contributed by atoms with Crippen molar-refractivity contribution in [2.75, 3.05) is 7.11 Å². The number of rotatable bonds is 5. The molecule has 0 heterocycles. The van der Waals surface area contributed by atoms with Crippen LogP contribution in [-0.4, -0.2) is 21.4 Å². The minimum Gasteiger partial charge on any atom is -0.496 e. The summed E-state index contributed by atoms with van der Waals surface area (Å²) in [7, 11) is -2.57. The third-order valence-electron chi connectivity index (χ3n) is 3.52. The smallest absolute Gasteiger partial charge is 0.255 e. The highest BCUT2D eigenvalue weighted by atomic mass is 35.5. The number of hydrogen-bond donors (Lipinski definition) is 2. The van der Waals surface area contributed by atoms with Crippen molar-refractivity contribution in [3.63, 3.8) is 0 Å². The lowest BCUT2D eigenvalue weighted by Crippen LogP contribution is -2.27. The van der Waals surface area contributed by atoms with Crippen LogP contribution in [0.2, 0.25) is 10.0 Å². The van der Waals surface area contributed by atoms with E-state index in [1.165, 1.54) is 25.3 Å². The molecule has 0 aliphatic carbocycles.